The molecule has 3 heteroatoms. The zero-order valence-electron chi connectivity index (χ0n) is 8.47. The molecule has 15 heavy (non-hydrogen) atoms. The molecule has 0 amide bonds. The number of aryl methyl sites for hydroxylation is 1. The lowest BCUT2D eigenvalue weighted by Gasteiger charge is -2.07. The predicted molar refractivity (Wildman–Crippen MR) is 59.9 cm³/mol. The third-order valence-electron chi connectivity index (χ3n) is 2.07. The van der Waals surface area contributed by atoms with E-state index < -0.39 is 0 Å². The Morgan fingerprint density at radius 3 is 2.73 bits per heavy atom. The summed E-state index contributed by atoms with van der Waals surface area (Å²) in [5.74, 6) is 1.32. The van der Waals surface area contributed by atoms with Gasteiger partial charge in [-0.05, 0) is 24.6 Å². The molecule has 0 saturated heterocycles. The van der Waals surface area contributed by atoms with Gasteiger partial charge in [-0.25, -0.2) is 4.98 Å². The maximum atomic E-state index is 5.63. The minimum Gasteiger partial charge on any atom is -0.439 e. The van der Waals surface area contributed by atoms with Crippen LogP contribution in [0.2, 0.25) is 0 Å². The molecule has 3 nitrogen and oxygen atoms in total. The average molecular weight is 200 g/mol. The molecule has 0 atom stereocenters. The van der Waals surface area contributed by atoms with Gasteiger partial charge in [0.15, 0.2) is 0 Å². The van der Waals surface area contributed by atoms with Gasteiger partial charge >= 0.3 is 0 Å². The molecule has 2 rings (SSSR count). The molecule has 0 aliphatic heterocycles. The summed E-state index contributed by atoms with van der Waals surface area (Å²) in [5.41, 5.74) is 7.35. The summed E-state index contributed by atoms with van der Waals surface area (Å²) < 4.78 is 5.60. The standard InChI is InChI=1S/C12H12N2O/c1-9-4-2-3-5-11(9)15-12-8-10(13)6-7-14-12/h2-8H,1H3,(H2,13,14). The van der Waals surface area contributed by atoms with Gasteiger partial charge in [-0.2, -0.15) is 0 Å². The molecule has 0 spiro atoms. The minimum absolute atomic E-state index is 0.518. The number of benzene rings is 1. The number of pyridine rings is 1. The lowest BCUT2D eigenvalue weighted by molar-refractivity contribution is 0.460. The van der Waals surface area contributed by atoms with Crippen molar-refractivity contribution < 1.29 is 4.74 Å². The first-order valence-corrected chi connectivity index (χ1v) is 4.71. The number of anilines is 1. The van der Waals surface area contributed by atoms with Crippen molar-refractivity contribution in [3.63, 3.8) is 0 Å². The Kier molecular flexibility index (Phi) is 2.54. The minimum atomic E-state index is 0.518. The lowest BCUT2D eigenvalue weighted by atomic mass is 10.2. The van der Waals surface area contributed by atoms with Gasteiger partial charge in [0, 0.05) is 18.0 Å². The van der Waals surface area contributed by atoms with Crippen molar-refractivity contribution in [3.8, 4) is 11.6 Å². The van der Waals surface area contributed by atoms with Crippen LogP contribution >= 0.6 is 0 Å². The van der Waals surface area contributed by atoms with Crippen molar-refractivity contribution in [3.05, 3.63) is 48.2 Å². The number of nitrogens with zero attached hydrogens (tertiary/aromatic N) is 1. The number of rotatable bonds is 2. The Morgan fingerprint density at radius 1 is 1.20 bits per heavy atom. The van der Waals surface area contributed by atoms with Crippen LogP contribution in [0.15, 0.2) is 42.6 Å². The average Bonchev–Trinajstić information content (AvgIpc) is 2.22. The first-order chi connectivity index (χ1) is 7.25. The number of nitrogen functional groups attached to an aromatic ring is 1. The molecule has 1 aromatic carbocycles. The van der Waals surface area contributed by atoms with E-state index in [2.05, 4.69) is 4.98 Å². The number of ether oxygens (including phenoxy) is 1. The van der Waals surface area contributed by atoms with E-state index in [0.717, 1.165) is 11.3 Å². The fraction of sp³-hybridized carbons (Fsp3) is 0.0833. The fourth-order valence-electron chi connectivity index (χ4n) is 1.26. The molecule has 1 aromatic heterocycles. The third-order valence-corrected chi connectivity index (χ3v) is 2.07. The Labute approximate surface area is 88.5 Å². The molecular formula is C12H12N2O. The highest BCUT2D eigenvalue weighted by molar-refractivity contribution is 5.42. The van der Waals surface area contributed by atoms with Gasteiger partial charge < -0.3 is 10.5 Å². The van der Waals surface area contributed by atoms with E-state index in [1.165, 1.54) is 0 Å². The van der Waals surface area contributed by atoms with Crippen LogP contribution in [0.3, 0.4) is 0 Å². The van der Waals surface area contributed by atoms with Crippen molar-refractivity contribution in [2.75, 3.05) is 5.73 Å². The second kappa shape index (κ2) is 4.00. The second-order valence-electron chi connectivity index (χ2n) is 3.29. The van der Waals surface area contributed by atoms with E-state index in [1.54, 1.807) is 18.3 Å². The first kappa shape index (κ1) is 9.52. The van der Waals surface area contributed by atoms with Crippen molar-refractivity contribution >= 4 is 5.69 Å². The van der Waals surface area contributed by atoms with Crippen molar-refractivity contribution in [1.82, 2.24) is 4.98 Å². The van der Waals surface area contributed by atoms with Crippen LogP contribution in [0, 0.1) is 6.92 Å². The summed E-state index contributed by atoms with van der Waals surface area (Å²) in [6.07, 6.45) is 1.63. The van der Waals surface area contributed by atoms with Crippen LogP contribution in [0.4, 0.5) is 5.69 Å². The molecular weight excluding hydrogens is 188 g/mol. The normalized spacial score (nSPS) is 9.93. The maximum absolute atomic E-state index is 5.63. The van der Waals surface area contributed by atoms with E-state index in [9.17, 15) is 0 Å². The quantitative estimate of drug-likeness (QED) is 0.810. The molecule has 2 N–H and O–H groups in total. The van der Waals surface area contributed by atoms with Crippen molar-refractivity contribution in [2.45, 2.75) is 6.92 Å². The van der Waals surface area contributed by atoms with E-state index in [1.807, 2.05) is 31.2 Å². The Balaban J connectivity index is 2.26. The lowest BCUT2D eigenvalue weighted by Crippen LogP contribution is -1.91. The van der Waals surface area contributed by atoms with E-state index in [0.29, 0.717) is 11.6 Å². The Hall–Kier alpha value is -2.03. The molecule has 0 saturated carbocycles. The fourth-order valence-corrected chi connectivity index (χ4v) is 1.26. The Morgan fingerprint density at radius 2 is 2.00 bits per heavy atom. The number of para-hydroxylation sites is 1. The second-order valence-corrected chi connectivity index (χ2v) is 3.29. The summed E-state index contributed by atoms with van der Waals surface area (Å²) in [6, 6.07) is 11.2. The SMILES string of the molecule is Cc1ccccc1Oc1cc(N)ccn1. The highest BCUT2D eigenvalue weighted by atomic mass is 16.5. The number of hydrogen-bond acceptors (Lipinski definition) is 3. The molecule has 0 bridgehead atoms. The van der Waals surface area contributed by atoms with Gasteiger partial charge in [0.05, 0.1) is 0 Å². The smallest absolute Gasteiger partial charge is 0.221 e. The van der Waals surface area contributed by atoms with Crippen LogP contribution in [-0.2, 0) is 0 Å². The number of hydrogen-bond donors (Lipinski definition) is 1. The first-order valence-electron chi connectivity index (χ1n) is 4.71. The largest absolute Gasteiger partial charge is 0.439 e. The summed E-state index contributed by atoms with van der Waals surface area (Å²) in [5, 5.41) is 0. The number of nitrogens with two attached hydrogens (primary N) is 1. The highest BCUT2D eigenvalue weighted by Gasteiger charge is 2.01. The molecule has 76 valence electrons. The molecule has 0 aliphatic carbocycles. The molecule has 0 unspecified atom stereocenters. The van der Waals surface area contributed by atoms with Gasteiger partial charge in [-0.15, -0.1) is 0 Å². The van der Waals surface area contributed by atoms with Gasteiger partial charge in [0.25, 0.3) is 0 Å². The van der Waals surface area contributed by atoms with Gasteiger partial charge in [-0.1, -0.05) is 18.2 Å². The molecule has 2 aromatic rings. The van der Waals surface area contributed by atoms with E-state index >= 15 is 0 Å². The predicted octanol–water partition coefficient (Wildman–Crippen LogP) is 2.76. The van der Waals surface area contributed by atoms with Crippen LogP contribution in [-0.4, -0.2) is 4.98 Å². The van der Waals surface area contributed by atoms with Crippen LogP contribution in [0.1, 0.15) is 5.56 Å². The maximum Gasteiger partial charge on any atom is 0.221 e. The zero-order chi connectivity index (χ0) is 10.7. The van der Waals surface area contributed by atoms with Gasteiger partial charge in [0.1, 0.15) is 5.75 Å². The van der Waals surface area contributed by atoms with Crippen LogP contribution in [0.5, 0.6) is 11.6 Å². The third kappa shape index (κ3) is 2.26. The summed E-state index contributed by atoms with van der Waals surface area (Å²) in [7, 11) is 0. The molecule has 0 radical (unpaired) electrons. The van der Waals surface area contributed by atoms with Crippen LogP contribution < -0.4 is 10.5 Å². The summed E-state index contributed by atoms with van der Waals surface area (Å²) in [4.78, 5) is 4.07. The number of aromatic nitrogens is 1. The van der Waals surface area contributed by atoms with Crippen molar-refractivity contribution in [1.29, 1.82) is 0 Å². The van der Waals surface area contributed by atoms with Crippen LogP contribution in [0.25, 0.3) is 0 Å². The van der Waals surface area contributed by atoms with E-state index in [4.69, 9.17) is 10.5 Å². The summed E-state index contributed by atoms with van der Waals surface area (Å²) >= 11 is 0. The van der Waals surface area contributed by atoms with E-state index in [-0.39, 0.29) is 0 Å². The summed E-state index contributed by atoms with van der Waals surface area (Å²) in [6.45, 7) is 1.99. The highest BCUT2D eigenvalue weighted by Crippen LogP contribution is 2.23. The topological polar surface area (TPSA) is 48.1 Å². The monoisotopic (exact) mass is 200 g/mol. The molecule has 1 heterocycles. The van der Waals surface area contributed by atoms with Gasteiger partial charge in [0.2, 0.25) is 5.88 Å². The molecule has 0 aliphatic rings. The zero-order valence-corrected chi connectivity index (χ0v) is 8.47. The Bertz CT molecular complexity index is 469. The van der Waals surface area contributed by atoms with Gasteiger partial charge in [-0.3, -0.25) is 0 Å². The molecule has 0 fully saturated rings. The van der Waals surface area contributed by atoms with Crippen molar-refractivity contribution in [2.24, 2.45) is 0 Å².